The summed E-state index contributed by atoms with van der Waals surface area (Å²) in [4.78, 5) is 6.22. The topological polar surface area (TPSA) is 74.7 Å². The average molecular weight is 222 g/mol. The van der Waals surface area contributed by atoms with E-state index in [1.54, 1.807) is 18.5 Å². The van der Waals surface area contributed by atoms with Crippen LogP contribution in [0.2, 0.25) is 0 Å². The van der Waals surface area contributed by atoms with E-state index in [0.29, 0.717) is 11.6 Å². The van der Waals surface area contributed by atoms with Crippen molar-refractivity contribution in [3.63, 3.8) is 0 Å². The lowest BCUT2D eigenvalue weighted by atomic mass is 10.1. The van der Waals surface area contributed by atoms with E-state index in [1.165, 1.54) is 0 Å². The summed E-state index contributed by atoms with van der Waals surface area (Å²) < 4.78 is 0. The van der Waals surface area contributed by atoms with Crippen molar-refractivity contribution in [3.05, 3.63) is 24.0 Å². The SMILES string of the molecule is CCN(c1cnccc1/C(N)=N/O)C(C)C. The van der Waals surface area contributed by atoms with Crippen molar-refractivity contribution in [2.75, 3.05) is 11.4 Å². The van der Waals surface area contributed by atoms with Crippen LogP contribution in [-0.4, -0.2) is 28.6 Å². The highest BCUT2D eigenvalue weighted by molar-refractivity contribution is 6.02. The smallest absolute Gasteiger partial charge is 0.172 e. The molecular formula is C11H18N4O. The van der Waals surface area contributed by atoms with Gasteiger partial charge in [-0.25, -0.2) is 0 Å². The number of hydrogen-bond donors (Lipinski definition) is 2. The molecule has 5 heteroatoms. The standard InChI is InChI=1S/C11H18N4O/c1-4-15(8(2)3)10-7-13-6-5-9(10)11(12)14-16/h5-8,16H,4H2,1-3H3,(H2,12,14). The lowest BCUT2D eigenvalue weighted by molar-refractivity contribution is 0.318. The minimum absolute atomic E-state index is 0.108. The van der Waals surface area contributed by atoms with Crippen molar-refractivity contribution in [3.8, 4) is 0 Å². The summed E-state index contributed by atoms with van der Waals surface area (Å²) in [5, 5.41) is 11.8. The van der Waals surface area contributed by atoms with Gasteiger partial charge in [0.2, 0.25) is 0 Å². The normalized spacial score (nSPS) is 11.9. The first kappa shape index (κ1) is 12.3. The number of aromatic nitrogens is 1. The number of anilines is 1. The van der Waals surface area contributed by atoms with Gasteiger partial charge < -0.3 is 15.8 Å². The van der Waals surface area contributed by atoms with E-state index in [1.807, 2.05) is 0 Å². The number of pyridine rings is 1. The second kappa shape index (κ2) is 5.34. The number of hydrogen-bond acceptors (Lipinski definition) is 4. The lowest BCUT2D eigenvalue weighted by Gasteiger charge is -2.28. The van der Waals surface area contributed by atoms with E-state index in [9.17, 15) is 0 Å². The Balaban J connectivity index is 3.21. The monoisotopic (exact) mass is 222 g/mol. The largest absolute Gasteiger partial charge is 0.409 e. The summed E-state index contributed by atoms with van der Waals surface area (Å²) >= 11 is 0. The molecule has 1 rings (SSSR count). The summed E-state index contributed by atoms with van der Waals surface area (Å²) in [6.45, 7) is 7.08. The Hall–Kier alpha value is -1.78. The average Bonchev–Trinajstić information content (AvgIpc) is 2.29. The molecule has 0 atom stereocenters. The number of oxime groups is 1. The summed E-state index contributed by atoms with van der Waals surface area (Å²) in [6, 6.07) is 2.08. The molecule has 0 radical (unpaired) electrons. The molecule has 0 aromatic carbocycles. The van der Waals surface area contributed by atoms with Gasteiger partial charge in [0.1, 0.15) is 0 Å². The molecule has 0 aliphatic rings. The molecule has 0 amide bonds. The highest BCUT2D eigenvalue weighted by Gasteiger charge is 2.15. The predicted molar refractivity (Wildman–Crippen MR) is 64.9 cm³/mol. The molecule has 5 nitrogen and oxygen atoms in total. The first-order valence-electron chi connectivity index (χ1n) is 5.30. The Labute approximate surface area is 95.6 Å². The van der Waals surface area contributed by atoms with Crippen LogP contribution in [-0.2, 0) is 0 Å². The zero-order valence-corrected chi connectivity index (χ0v) is 9.88. The molecule has 0 bridgehead atoms. The van der Waals surface area contributed by atoms with Crippen LogP contribution >= 0.6 is 0 Å². The number of rotatable bonds is 4. The molecule has 3 N–H and O–H groups in total. The van der Waals surface area contributed by atoms with Gasteiger partial charge in [0.15, 0.2) is 5.84 Å². The zero-order chi connectivity index (χ0) is 12.1. The maximum atomic E-state index is 8.73. The highest BCUT2D eigenvalue weighted by atomic mass is 16.4. The van der Waals surface area contributed by atoms with Crippen LogP contribution in [0.4, 0.5) is 5.69 Å². The molecule has 16 heavy (non-hydrogen) atoms. The molecule has 0 spiro atoms. The molecule has 88 valence electrons. The van der Waals surface area contributed by atoms with Gasteiger partial charge in [0, 0.05) is 24.3 Å². The van der Waals surface area contributed by atoms with Crippen LogP contribution in [0, 0.1) is 0 Å². The van der Waals surface area contributed by atoms with Crippen LogP contribution in [0.5, 0.6) is 0 Å². The Bertz CT molecular complexity index is 376. The summed E-state index contributed by atoms with van der Waals surface area (Å²) in [6.07, 6.45) is 3.36. The molecule has 0 saturated heterocycles. The first-order chi connectivity index (χ1) is 7.61. The second-order valence-corrected chi connectivity index (χ2v) is 3.76. The fourth-order valence-corrected chi connectivity index (χ4v) is 1.70. The Morgan fingerprint density at radius 2 is 2.31 bits per heavy atom. The quantitative estimate of drug-likeness (QED) is 0.349. The minimum Gasteiger partial charge on any atom is -0.409 e. The maximum absolute atomic E-state index is 8.73. The fraction of sp³-hybridized carbons (Fsp3) is 0.455. The Kier molecular flexibility index (Phi) is 4.10. The lowest BCUT2D eigenvalue weighted by Crippen LogP contribution is -2.32. The van der Waals surface area contributed by atoms with E-state index >= 15 is 0 Å². The molecule has 0 aliphatic carbocycles. The zero-order valence-electron chi connectivity index (χ0n) is 9.88. The summed E-state index contributed by atoms with van der Waals surface area (Å²) in [5.74, 6) is 0.108. The van der Waals surface area contributed by atoms with Crippen LogP contribution in [0.3, 0.4) is 0 Å². The number of nitrogens with zero attached hydrogens (tertiary/aromatic N) is 3. The molecule has 1 heterocycles. The van der Waals surface area contributed by atoms with Gasteiger partial charge in [-0.05, 0) is 26.8 Å². The van der Waals surface area contributed by atoms with Crippen molar-refractivity contribution < 1.29 is 5.21 Å². The molecule has 0 aliphatic heterocycles. The van der Waals surface area contributed by atoms with Gasteiger partial charge in [-0.1, -0.05) is 5.16 Å². The Morgan fingerprint density at radius 3 is 2.81 bits per heavy atom. The minimum atomic E-state index is 0.108. The van der Waals surface area contributed by atoms with Crippen molar-refractivity contribution >= 4 is 11.5 Å². The van der Waals surface area contributed by atoms with E-state index in [-0.39, 0.29) is 5.84 Å². The maximum Gasteiger partial charge on any atom is 0.172 e. The number of nitrogens with two attached hydrogens (primary N) is 1. The molecule has 0 fully saturated rings. The van der Waals surface area contributed by atoms with Gasteiger partial charge in [0.25, 0.3) is 0 Å². The van der Waals surface area contributed by atoms with Crippen molar-refractivity contribution in [1.82, 2.24) is 4.98 Å². The van der Waals surface area contributed by atoms with Crippen molar-refractivity contribution in [2.24, 2.45) is 10.9 Å². The summed E-state index contributed by atoms with van der Waals surface area (Å²) in [7, 11) is 0. The first-order valence-corrected chi connectivity index (χ1v) is 5.30. The highest BCUT2D eigenvalue weighted by Crippen LogP contribution is 2.20. The molecule has 1 aromatic heterocycles. The van der Waals surface area contributed by atoms with Crippen LogP contribution in [0.1, 0.15) is 26.3 Å². The van der Waals surface area contributed by atoms with Crippen LogP contribution < -0.4 is 10.6 Å². The van der Waals surface area contributed by atoms with E-state index in [4.69, 9.17) is 10.9 Å². The third kappa shape index (κ3) is 2.42. The van der Waals surface area contributed by atoms with Gasteiger partial charge in [0.05, 0.1) is 11.9 Å². The molecular weight excluding hydrogens is 204 g/mol. The van der Waals surface area contributed by atoms with Gasteiger partial charge >= 0.3 is 0 Å². The van der Waals surface area contributed by atoms with Crippen molar-refractivity contribution in [2.45, 2.75) is 26.8 Å². The van der Waals surface area contributed by atoms with Crippen LogP contribution in [0.15, 0.2) is 23.6 Å². The van der Waals surface area contributed by atoms with Crippen molar-refractivity contribution in [1.29, 1.82) is 0 Å². The van der Waals surface area contributed by atoms with E-state index < -0.39 is 0 Å². The van der Waals surface area contributed by atoms with Crippen LogP contribution in [0.25, 0.3) is 0 Å². The second-order valence-electron chi connectivity index (χ2n) is 3.76. The fourth-order valence-electron chi connectivity index (χ4n) is 1.70. The Morgan fingerprint density at radius 1 is 1.62 bits per heavy atom. The van der Waals surface area contributed by atoms with Gasteiger partial charge in [-0.3, -0.25) is 4.98 Å². The van der Waals surface area contributed by atoms with Gasteiger partial charge in [-0.15, -0.1) is 0 Å². The predicted octanol–water partition coefficient (Wildman–Crippen LogP) is 1.41. The molecule has 0 saturated carbocycles. The molecule has 1 aromatic rings. The van der Waals surface area contributed by atoms with Gasteiger partial charge in [-0.2, -0.15) is 0 Å². The van der Waals surface area contributed by atoms with E-state index in [0.717, 1.165) is 12.2 Å². The number of amidine groups is 1. The van der Waals surface area contributed by atoms with E-state index in [2.05, 4.69) is 35.8 Å². The third-order valence-electron chi connectivity index (χ3n) is 2.46. The molecule has 0 unspecified atom stereocenters. The third-order valence-corrected chi connectivity index (χ3v) is 2.46. The summed E-state index contributed by atoms with van der Waals surface area (Å²) in [5.41, 5.74) is 7.22.